The van der Waals surface area contributed by atoms with Crippen molar-refractivity contribution in [3.63, 3.8) is 0 Å². The molecule has 1 aliphatic carbocycles. The van der Waals surface area contributed by atoms with Crippen molar-refractivity contribution in [1.29, 1.82) is 0 Å². The average molecular weight is 206 g/mol. The van der Waals surface area contributed by atoms with E-state index in [9.17, 15) is 5.11 Å². The second-order valence-electron chi connectivity index (χ2n) is 4.13. The Kier molecular flexibility index (Phi) is 2.91. The van der Waals surface area contributed by atoms with Crippen molar-refractivity contribution in [2.24, 2.45) is 0 Å². The predicted molar refractivity (Wildman–Crippen MR) is 60.9 cm³/mol. The molecule has 2 rings (SSSR count). The normalized spacial score (nSPS) is 17.5. The highest BCUT2D eigenvalue weighted by Gasteiger charge is 2.28. The van der Waals surface area contributed by atoms with Gasteiger partial charge in [0.1, 0.15) is 0 Å². The van der Waals surface area contributed by atoms with Crippen molar-refractivity contribution in [2.45, 2.75) is 38.8 Å². The van der Waals surface area contributed by atoms with Crippen molar-refractivity contribution in [3.8, 4) is 0 Å². The first-order chi connectivity index (χ1) is 7.22. The zero-order valence-corrected chi connectivity index (χ0v) is 9.35. The van der Waals surface area contributed by atoms with Gasteiger partial charge >= 0.3 is 0 Å². The van der Waals surface area contributed by atoms with Gasteiger partial charge in [-0.05, 0) is 38.8 Å². The number of aromatic nitrogens is 1. The zero-order valence-electron chi connectivity index (χ0n) is 9.35. The zero-order chi connectivity index (χ0) is 10.8. The molecule has 0 bridgehead atoms. The monoisotopic (exact) mass is 206 g/mol. The summed E-state index contributed by atoms with van der Waals surface area (Å²) in [6.45, 7) is 4.93. The number of hydrogen-bond donors (Lipinski definition) is 1. The summed E-state index contributed by atoms with van der Waals surface area (Å²) in [5.41, 5.74) is 1.91. The van der Waals surface area contributed by atoms with Crippen LogP contribution in [0.5, 0.6) is 0 Å². The van der Waals surface area contributed by atoms with Crippen LogP contribution in [-0.4, -0.2) is 22.7 Å². The van der Waals surface area contributed by atoms with Crippen LogP contribution in [0.3, 0.4) is 0 Å². The minimum atomic E-state index is -0.477. The number of anilines is 1. The third kappa shape index (κ3) is 2.29. The van der Waals surface area contributed by atoms with E-state index in [0.717, 1.165) is 12.2 Å². The van der Waals surface area contributed by atoms with E-state index in [0.29, 0.717) is 6.04 Å². The highest BCUT2D eigenvalue weighted by atomic mass is 16.3. The fraction of sp³-hybridized carbons (Fsp3) is 0.583. The summed E-state index contributed by atoms with van der Waals surface area (Å²) in [5.74, 6) is 0. The van der Waals surface area contributed by atoms with Gasteiger partial charge in [-0.25, -0.2) is 0 Å². The minimum absolute atomic E-state index is 0.477. The van der Waals surface area contributed by atoms with E-state index < -0.39 is 6.10 Å². The quantitative estimate of drug-likeness (QED) is 0.819. The molecule has 1 unspecified atom stereocenters. The van der Waals surface area contributed by atoms with Crippen molar-refractivity contribution >= 4 is 5.69 Å². The lowest BCUT2D eigenvalue weighted by molar-refractivity contribution is 0.194. The van der Waals surface area contributed by atoms with E-state index in [1.165, 1.54) is 18.5 Å². The molecule has 0 radical (unpaired) electrons. The Bertz CT molecular complexity index is 317. The van der Waals surface area contributed by atoms with Gasteiger partial charge in [0.2, 0.25) is 0 Å². The van der Waals surface area contributed by atoms with Crippen LogP contribution in [0.4, 0.5) is 5.69 Å². The number of nitrogens with zero attached hydrogens (tertiary/aromatic N) is 2. The molecule has 1 aliphatic rings. The first-order valence-corrected chi connectivity index (χ1v) is 5.63. The van der Waals surface area contributed by atoms with Crippen LogP contribution in [0.25, 0.3) is 0 Å². The maximum atomic E-state index is 9.36. The highest BCUT2D eigenvalue weighted by molar-refractivity contribution is 5.47. The number of rotatable bonds is 4. The summed E-state index contributed by atoms with van der Waals surface area (Å²) in [5, 5.41) is 9.36. The van der Waals surface area contributed by atoms with Gasteiger partial charge in [-0.15, -0.1) is 0 Å². The molecule has 0 aliphatic heterocycles. The first-order valence-electron chi connectivity index (χ1n) is 5.63. The van der Waals surface area contributed by atoms with Crippen LogP contribution < -0.4 is 4.90 Å². The van der Waals surface area contributed by atoms with Crippen LogP contribution in [0.15, 0.2) is 18.3 Å². The summed E-state index contributed by atoms with van der Waals surface area (Å²) in [7, 11) is 0. The van der Waals surface area contributed by atoms with Gasteiger partial charge in [0.25, 0.3) is 0 Å². The molecule has 3 nitrogen and oxygen atoms in total. The van der Waals surface area contributed by atoms with Crippen molar-refractivity contribution in [3.05, 3.63) is 24.0 Å². The molecule has 1 aromatic heterocycles. The topological polar surface area (TPSA) is 36.4 Å². The molecule has 1 atom stereocenters. The van der Waals surface area contributed by atoms with Crippen LogP contribution in [0, 0.1) is 0 Å². The summed E-state index contributed by atoms with van der Waals surface area (Å²) in [4.78, 5) is 6.64. The standard InChI is InChI=1S/C12H18N2O/c1-3-14(10-4-5-10)11-6-7-12(9(2)15)13-8-11/h6-10,15H,3-5H2,1-2H3. The molecule has 1 aromatic rings. The Morgan fingerprint density at radius 1 is 1.53 bits per heavy atom. The molecule has 1 N–H and O–H groups in total. The molecule has 0 saturated heterocycles. The third-order valence-corrected chi connectivity index (χ3v) is 2.86. The van der Waals surface area contributed by atoms with E-state index >= 15 is 0 Å². The van der Waals surface area contributed by atoms with Gasteiger partial charge in [0, 0.05) is 12.6 Å². The van der Waals surface area contributed by atoms with Gasteiger partial charge in [-0.3, -0.25) is 4.98 Å². The predicted octanol–water partition coefficient (Wildman–Crippen LogP) is 2.12. The van der Waals surface area contributed by atoms with Crippen LogP contribution in [0.2, 0.25) is 0 Å². The first kappa shape index (κ1) is 10.4. The van der Waals surface area contributed by atoms with Crippen molar-refractivity contribution < 1.29 is 5.11 Å². The Balaban J connectivity index is 2.14. The molecule has 3 heteroatoms. The summed E-state index contributed by atoms with van der Waals surface area (Å²) in [6.07, 6.45) is 3.98. The maximum absolute atomic E-state index is 9.36. The number of aliphatic hydroxyl groups excluding tert-OH is 1. The summed E-state index contributed by atoms with van der Waals surface area (Å²) < 4.78 is 0. The molecule has 0 spiro atoms. The molecule has 15 heavy (non-hydrogen) atoms. The third-order valence-electron chi connectivity index (χ3n) is 2.86. The Morgan fingerprint density at radius 2 is 2.27 bits per heavy atom. The van der Waals surface area contributed by atoms with Crippen molar-refractivity contribution in [2.75, 3.05) is 11.4 Å². The second-order valence-corrected chi connectivity index (χ2v) is 4.13. The molecular weight excluding hydrogens is 188 g/mol. The number of aliphatic hydroxyl groups is 1. The molecule has 1 heterocycles. The lowest BCUT2D eigenvalue weighted by Crippen LogP contribution is -2.25. The smallest absolute Gasteiger partial charge is 0.0931 e. The Labute approximate surface area is 90.8 Å². The molecule has 0 aromatic carbocycles. The fourth-order valence-corrected chi connectivity index (χ4v) is 1.85. The van der Waals surface area contributed by atoms with Gasteiger partial charge in [0.05, 0.1) is 23.7 Å². The number of pyridine rings is 1. The minimum Gasteiger partial charge on any atom is -0.387 e. The largest absolute Gasteiger partial charge is 0.387 e. The van der Waals surface area contributed by atoms with Gasteiger partial charge in [-0.1, -0.05) is 0 Å². The fourth-order valence-electron chi connectivity index (χ4n) is 1.85. The highest BCUT2D eigenvalue weighted by Crippen LogP contribution is 2.31. The lowest BCUT2D eigenvalue weighted by atomic mass is 10.2. The van der Waals surface area contributed by atoms with E-state index in [4.69, 9.17) is 0 Å². The molecular formula is C12H18N2O. The van der Waals surface area contributed by atoms with Crippen molar-refractivity contribution in [1.82, 2.24) is 4.98 Å². The lowest BCUT2D eigenvalue weighted by Gasteiger charge is -2.22. The van der Waals surface area contributed by atoms with E-state index in [1.54, 1.807) is 6.92 Å². The van der Waals surface area contributed by atoms with Crippen LogP contribution in [0.1, 0.15) is 38.5 Å². The van der Waals surface area contributed by atoms with Gasteiger partial charge < -0.3 is 10.0 Å². The Morgan fingerprint density at radius 3 is 2.67 bits per heavy atom. The SMILES string of the molecule is CCN(c1ccc(C(C)O)nc1)C1CC1. The van der Waals surface area contributed by atoms with Crippen LogP contribution in [-0.2, 0) is 0 Å². The Hall–Kier alpha value is -1.09. The van der Waals surface area contributed by atoms with Gasteiger partial charge in [0.15, 0.2) is 0 Å². The molecule has 1 fully saturated rings. The molecule has 82 valence electrons. The van der Waals surface area contributed by atoms with E-state index in [2.05, 4.69) is 22.9 Å². The van der Waals surface area contributed by atoms with E-state index in [1.807, 2.05) is 12.3 Å². The average Bonchev–Trinajstić information content (AvgIpc) is 3.04. The molecule has 1 saturated carbocycles. The number of hydrogen-bond acceptors (Lipinski definition) is 3. The van der Waals surface area contributed by atoms with Crippen LogP contribution >= 0.6 is 0 Å². The van der Waals surface area contributed by atoms with Gasteiger partial charge in [-0.2, -0.15) is 0 Å². The summed E-state index contributed by atoms with van der Waals surface area (Å²) in [6, 6.07) is 4.68. The molecule has 0 amide bonds. The second kappa shape index (κ2) is 4.19. The maximum Gasteiger partial charge on any atom is 0.0931 e. The summed E-state index contributed by atoms with van der Waals surface area (Å²) >= 11 is 0. The van der Waals surface area contributed by atoms with E-state index in [-0.39, 0.29) is 0 Å².